The number of carbonyl (C=O) groups is 2. The van der Waals surface area contributed by atoms with Gasteiger partial charge in [0.05, 0.1) is 5.52 Å². The number of rotatable bonds is 6. The molecule has 1 fully saturated rings. The van der Waals surface area contributed by atoms with Gasteiger partial charge in [-0.15, -0.1) is 11.3 Å². The Balaban J connectivity index is 1.42. The second kappa shape index (κ2) is 8.93. The Morgan fingerprint density at radius 1 is 1.26 bits per heavy atom. The van der Waals surface area contributed by atoms with Crippen LogP contribution in [-0.2, 0) is 16.1 Å². The minimum atomic E-state index is -0.468. The van der Waals surface area contributed by atoms with Crippen LogP contribution in [0.3, 0.4) is 0 Å². The maximum Gasteiger partial charge on any atom is 0.261 e. The standard InChI is InChI=1S/C23H26N4O3S/c1-3-20-23(29)26(13-16-5-6-17-18(24)8-9-25-19(17)12-16)10-11-27(20)21(28)14-30-22-7-4-15(2)31-22/h4-9,12,20H,3,10-11,13-14H2,1-2H3,(H2,24,25)/t20-/m0/s1. The lowest BCUT2D eigenvalue weighted by molar-refractivity contribution is -0.153. The first-order valence-electron chi connectivity index (χ1n) is 10.4. The van der Waals surface area contributed by atoms with Gasteiger partial charge in [-0.3, -0.25) is 14.6 Å². The van der Waals surface area contributed by atoms with Crippen LogP contribution in [0.25, 0.3) is 10.9 Å². The molecule has 2 aromatic heterocycles. The van der Waals surface area contributed by atoms with Crippen molar-refractivity contribution in [1.29, 1.82) is 0 Å². The lowest BCUT2D eigenvalue weighted by Crippen LogP contribution is -2.59. The molecule has 0 aliphatic carbocycles. The van der Waals surface area contributed by atoms with Gasteiger partial charge in [0.15, 0.2) is 11.7 Å². The van der Waals surface area contributed by atoms with E-state index in [0.29, 0.717) is 31.7 Å². The number of hydrogen-bond donors (Lipinski definition) is 1. The number of benzene rings is 1. The van der Waals surface area contributed by atoms with E-state index in [-0.39, 0.29) is 18.4 Å². The number of amides is 2. The Morgan fingerprint density at radius 3 is 2.84 bits per heavy atom. The van der Waals surface area contributed by atoms with Gasteiger partial charge in [0.25, 0.3) is 5.91 Å². The third-order valence-corrected chi connectivity index (χ3v) is 6.47. The fourth-order valence-corrected chi connectivity index (χ4v) is 4.64. The van der Waals surface area contributed by atoms with Gasteiger partial charge in [-0.1, -0.05) is 19.1 Å². The number of thiophene rings is 1. The van der Waals surface area contributed by atoms with Crippen molar-refractivity contribution in [3.05, 3.63) is 53.0 Å². The molecule has 1 aromatic carbocycles. The van der Waals surface area contributed by atoms with E-state index in [1.165, 1.54) is 11.3 Å². The van der Waals surface area contributed by atoms with Crippen LogP contribution in [0.4, 0.5) is 5.69 Å². The molecule has 1 aliphatic heterocycles. The number of aromatic nitrogens is 1. The van der Waals surface area contributed by atoms with Gasteiger partial charge >= 0.3 is 0 Å². The van der Waals surface area contributed by atoms with Gasteiger partial charge < -0.3 is 20.3 Å². The van der Waals surface area contributed by atoms with Crippen LogP contribution in [0.15, 0.2) is 42.6 Å². The second-order valence-electron chi connectivity index (χ2n) is 7.68. The molecular formula is C23H26N4O3S. The number of nitrogen functional groups attached to an aromatic ring is 1. The molecule has 4 rings (SSSR count). The van der Waals surface area contributed by atoms with E-state index in [4.69, 9.17) is 10.5 Å². The molecule has 3 aromatic rings. The maximum atomic E-state index is 13.1. The van der Waals surface area contributed by atoms with Crippen molar-refractivity contribution in [3.8, 4) is 5.06 Å². The zero-order valence-corrected chi connectivity index (χ0v) is 18.5. The van der Waals surface area contributed by atoms with E-state index in [9.17, 15) is 9.59 Å². The summed E-state index contributed by atoms with van der Waals surface area (Å²) in [5, 5.41) is 1.62. The fraction of sp³-hybridized carbons (Fsp3) is 0.348. The Morgan fingerprint density at radius 2 is 2.10 bits per heavy atom. The van der Waals surface area contributed by atoms with Crippen LogP contribution < -0.4 is 10.5 Å². The molecule has 8 heteroatoms. The molecule has 162 valence electrons. The number of aryl methyl sites for hydroxylation is 1. The number of carbonyl (C=O) groups excluding carboxylic acids is 2. The quantitative estimate of drug-likeness (QED) is 0.638. The molecule has 0 spiro atoms. The van der Waals surface area contributed by atoms with E-state index in [1.807, 2.05) is 49.1 Å². The largest absolute Gasteiger partial charge is 0.474 e. The van der Waals surface area contributed by atoms with Crippen molar-refractivity contribution in [2.24, 2.45) is 0 Å². The van der Waals surface area contributed by atoms with Crippen LogP contribution in [-0.4, -0.2) is 52.3 Å². The van der Waals surface area contributed by atoms with Gasteiger partial charge in [-0.2, -0.15) is 0 Å². The second-order valence-corrected chi connectivity index (χ2v) is 8.93. The third kappa shape index (κ3) is 4.49. The maximum absolute atomic E-state index is 13.1. The number of fused-ring (bicyclic) bond motifs is 1. The monoisotopic (exact) mass is 438 g/mol. The smallest absolute Gasteiger partial charge is 0.261 e. The Kier molecular flexibility index (Phi) is 6.08. The van der Waals surface area contributed by atoms with Crippen LogP contribution >= 0.6 is 11.3 Å². The molecule has 0 saturated carbocycles. The third-order valence-electron chi connectivity index (χ3n) is 5.56. The molecule has 1 aliphatic rings. The highest BCUT2D eigenvalue weighted by atomic mass is 32.1. The predicted molar refractivity (Wildman–Crippen MR) is 122 cm³/mol. The van der Waals surface area contributed by atoms with Crippen molar-refractivity contribution < 1.29 is 14.3 Å². The first kappa shape index (κ1) is 21.1. The highest BCUT2D eigenvalue weighted by molar-refractivity contribution is 7.13. The number of ether oxygens (including phenoxy) is 1. The summed E-state index contributed by atoms with van der Waals surface area (Å²) in [4.78, 5) is 34.9. The normalized spacial score (nSPS) is 16.7. The average Bonchev–Trinajstić information content (AvgIpc) is 3.18. The first-order chi connectivity index (χ1) is 15.0. The molecule has 0 bridgehead atoms. The topological polar surface area (TPSA) is 88.8 Å². The highest BCUT2D eigenvalue weighted by Crippen LogP contribution is 2.25. The van der Waals surface area contributed by atoms with Crippen LogP contribution in [0.1, 0.15) is 23.8 Å². The molecule has 2 N–H and O–H groups in total. The van der Waals surface area contributed by atoms with Gasteiger partial charge in [0, 0.05) is 41.8 Å². The summed E-state index contributed by atoms with van der Waals surface area (Å²) in [6.45, 7) is 5.33. The molecular weight excluding hydrogens is 412 g/mol. The summed E-state index contributed by atoms with van der Waals surface area (Å²) >= 11 is 1.51. The summed E-state index contributed by atoms with van der Waals surface area (Å²) in [5.41, 5.74) is 8.49. The SMILES string of the molecule is CC[C@H]1C(=O)N(Cc2ccc3c(N)ccnc3c2)CCN1C(=O)COc1ccc(C)s1. The number of nitrogens with two attached hydrogens (primary N) is 1. The molecule has 0 unspecified atom stereocenters. The van der Waals surface area contributed by atoms with Crippen molar-refractivity contribution in [3.63, 3.8) is 0 Å². The minimum Gasteiger partial charge on any atom is -0.474 e. The Labute approximate surface area is 185 Å². The van der Waals surface area contributed by atoms with Crippen molar-refractivity contribution in [1.82, 2.24) is 14.8 Å². The van der Waals surface area contributed by atoms with E-state index in [2.05, 4.69) is 4.98 Å². The summed E-state index contributed by atoms with van der Waals surface area (Å²) in [7, 11) is 0. The molecule has 0 radical (unpaired) electrons. The summed E-state index contributed by atoms with van der Waals surface area (Å²) in [5.74, 6) is -0.189. The van der Waals surface area contributed by atoms with E-state index in [1.54, 1.807) is 17.2 Å². The van der Waals surface area contributed by atoms with Crippen LogP contribution in [0.5, 0.6) is 5.06 Å². The van der Waals surface area contributed by atoms with Crippen molar-refractivity contribution in [2.45, 2.75) is 32.9 Å². The van der Waals surface area contributed by atoms with Gasteiger partial charge in [0.1, 0.15) is 6.04 Å². The Hall–Kier alpha value is -3.13. The summed E-state index contributed by atoms with van der Waals surface area (Å²) in [6, 6.07) is 11.0. The lowest BCUT2D eigenvalue weighted by Gasteiger charge is -2.40. The number of pyridine rings is 1. The Bertz CT molecular complexity index is 1110. The average molecular weight is 439 g/mol. The zero-order chi connectivity index (χ0) is 22.0. The minimum absolute atomic E-state index is 0.0327. The molecule has 3 heterocycles. The van der Waals surface area contributed by atoms with Gasteiger partial charge in [0.2, 0.25) is 5.91 Å². The molecule has 2 amide bonds. The van der Waals surface area contributed by atoms with Crippen molar-refractivity contribution in [2.75, 3.05) is 25.4 Å². The van der Waals surface area contributed by atoms with E-state index in [0.717, 1.165) is 26.4 Å². The summed E-state index contributed by atoms with van der Waals surface area (Å²) < 4.78 is 5.63. The molecule has 1 saturated heterocycles. The number of hydrogen-bond acceptors (Lipinski definition) is 6. The number of nitrogens with zero attached hydrogens (tertiary/aromatic N) is 3. The van der Waals surface area contributed by atoms with Gasteiger partial charge in [-0.25, -0.2) is 0 Å². The fourth-order valence-electron chi connectivity index (χ4n) is 3.93. The van der Waals surface area contributed by atoms with Crippen LogP contribution in [0, 0.1) is 6.92 Å². The predicted octanol–water partition coefficient (Wildman–Crippen LogP) is 3.22. The summed E-state index contributed by atoms with van der Waals surface area (Å²) in [6.07, 6.45) is 2.25. The van der Waals surface area contributed by atoms with Gasteiger partial charge in [-0.05, 0) is 43.2 Å². The molecule has 31 heavy (non-hydrogen) atoms. The molecule has 7 nitrogen and oxygen atoms in total. The lowest BCUT2D eigenvalue weighted by atomic mass is 10.1. The van der Waals surface area contributed by atoms with Crippen LogP contribution in [0.2, 0.25) is 0 Å². The first-order valence-corrected chi connectivity index (χ1v) is 11.2. The van der Waals surface area contributed by atoms with Crippen molar-refractivity contribution >= 4 is 39.7 Å². The molecule has 1 atom stereocenters. The number of piperazine rings is 1. The van der Waals surface area contributed by atoms with E-state index >= 15 is 0 Å². The highest BCUT2D eigenvalue weighted by Gasteiger charge is 2.36. The number of anilines is 1. The van der Waals surface area contributed by atoms with E-state index < -0.39 is 6.04 Å². The zero-order valence-electron chi connectivity index (χ0n) is 17.7.